The minimum atomic E-state index is -0.305. The lowest BCUT2D eigenvalue weighted by molar-refractivity contribution is -0.132. The highest BCUT2D eigenvalue weighted by Gasteiger charge is 2.35. The smallest absolute Gasteiger partial charge is 0.308 e. The summed E-state index contributed by atoms with van der Waals surface area (Å²) in [6.45, 7) is 9.56. The minimum absolute atomic E-state index is 0.190. The molecule has 1 N–H and O–H groups in total. The Kier molecular flexibility index (Phi) is 6.04. The van der Waals surface area contributed by atoms with Crippen molar-refractivity contribution in [2.24, 2.45) is 5.92 Å². The van der Waals surface area contributed by atoms with Crippen molar-refractivity contribution in [3.63, 3.8) is 0 Å². The number of hydrogen-bond acceptors (Lipinski definition) is 4. The third-order valence-corrected chi connectivity index (χ3v) is 5.85. The molecule has 2 aromatic rings. The summed E-state index contributed by atoms with van der Waals surface area (Å²) >= 11 is 5.71. The molecule has 0 amide bonds. The molecule has 2 aromatic carbocycles. The van der Waals surface area contributed by atoms with E-state index in [1.165, 1.54) is 6.92 Å². The van der Waals surface area contributed by atoms with Gasteiger partial charge in [0.2, 0.25) is 0 Å². The zero-order valence-corrected chi connectivity index (χ0v) is 17.9. The van der Waals surface area contributed by atoms with Crippen LogP contribution in [-0.4, -0.2) is 17.1 Å². The molecule has 1 aliphatic rings. The molecule has 0 radical (unpaired) electrons. The number of nitrogens with one attached hydrogen (secondary N) is 1. The molecule has 3 rings (SSSR count). The van der Waals surface area contributed by atoms with Crippen molar-refractivity contribution in [2.75, 3.05) is 5.32 Å². The van der Waals surface area contributed by atoms with E-state index in [9.17, 15) is 4.79 Å². The van der Waals surface area contributed by atoms with E-state index in [2.05, 4.69) is 12.2 Å². The van der Waals surface area contributed by atoms with Gasteiger partial charge in [-0.2, -0.15) is 0 Å². The molecule has 5 heteroatoms. The number of para-hydroxylation sites is 1. The SMILES string of the molecule is CCC1Cc2c(C)c(OC(C)=O)c(C)c(C)c2OC1C(=S)Nc1ccccc1. The van der Waals surface area contributed by atoms with Gasteiger partial charge in [-0.3, -0.25) is 4.79 Å². The van der Waals surface area contributed by atoms with Crippen molar-refractivity contribution in [2.45, 2.75) is 53.6 Å². The van der Waals surface area contributed by atoms with Crippen LogP contribution in [0.5, 0.6) is 11.5 Å². The summed E-state index contributed by atoms with van der Waals surface area (Å²) in [6.07, 6.45) is 1.59. The van der Waals surface area contributed by atoms with Crippen LogP contribution in [0.15, 0.2) is 30.3 Å². The Hall–Kier alpha value is -2.40. The van der Waals surface area contributed by atoms with E-state index in [1.54, 1.807) is 0 Å². The predicted octanol–water partition coefficient (Wildman–Crippen LogP) is 5.31. The minimum Gasteiger partial charge on any atom is -0.482 e. The highest BCUT2D eigenvalue weighted by molar-refractivity contribution is 7.80. The van der Waals surface area contributed by atoms with Crippen LogP contribution >= 0.6 is 12.2 Å². The van der Waals surface area contributed by atoms with E-state index < -0.39 is 0 Å². The van der Waals surface area contributed by atoms with Crippen molar-refractivity contribution in [3.8, 4) is 11.5 Å². The van der Waals surface area contributed by atoms with Crippen molar-refractivity contribution in [3.05, 3.63) is 52.6 Å². The monoisotopic (exact) mass is 397 g/mol. The van der Waals surface area contributed by atoms with E-state index in [1.807, 2.05) is 51.1 Å². The standard InChI is InChI=1S/C23H27NO3S/c1-6-17-12-19-15(4)20(26-16(5)25)13(2)14(3)21(19)27-22(17)23(28)24-18-10-8-7-9-11-18/h7-11,17,22H,6,12H2,1-5H3,(H,24,28). The summed E-state index contributed by atoms with van der Waals surface area (Å²) in [5.41, 5.74) is 4.99. The fourth-order valence-electron chi connectivity index (χ4n) is 3.81. The van der Waals surface area contributed by atoms with E-state index in [-0.39, 0.29) is 18.0 Å². The van der Waals surface area contributed by atoms with E-state index >= 15 is 0 Å². The maximum atomic E-state index is 11.6. The lowest BCUT2D eigenvalue weighted by atomic mass is 9.84. The maximum absolute atomic E-state index is 11.6. The average Bonchev–Trinajstić information content (AvgIpc) is 2.69. The van der Waals surface area contributed by atoms with Gasteiger partial charge in [-0.15, -0.1) is 0 Å². The molecule has 0 aromatic heterocycles. The summed E-state index contributed by atoms with van der Waals surface area (Å²) in [5.74, 6) is 1.48. The zero-order chi connectivity index (χ0) is 20.4. The first-order chi connectivity index (χ1) is 13.3. The van der Waals surface area contributed by atoms with Crippen LogP contribution in [0.2, 0.25) is 0 Å². The summed E-state index contributed by atoms with van der Waals surface area (Å²) in [6, 6.07) is 9.93. The Bertz CT molecular complexity index is 908. The van der Waals surface area contributed by atoms with Crippen LogP contribution in [0.4, 0.5) is 5.69 Å². The van der Waals surface area contributed by atoms with E-state index in [0.29, 0.717) is 10.7 Å². The molecule has 4 nitrogen and oxygen atoms in total. The van der Waals surface area contributed by atoms with Crippen LogP contribution in [0.1, 0.15) is 42.5 Å². The van der Waals surface area contributed by atoms with Crippen molar-refractivity contribution in [1.29, 1.82) is 0 Å². The van der Waals surface area contributed by atoms with Gasteiger partial charge < -0.3 is 14.8 Å². The second-order valence-corrected chi connectivity index (χ2v) is 7.81. The van der Waals surface area contributed by atoms with Crippen LogP contribution in [-0.2, 0) is 11.2 Å². The molecule has 2 atom stereocenters. The molecule has 1 aliphatic heterocycles. The quantitative estimate of drug-likeness (QED) is 0.431. The predicted molar refractivity (Wildman–Crippen MR) is 117 cm³/mol. The largest absolute Gasteiger partial charge is 0.482 e. The van der Waals surface area contributed by atoms with Gasteiger partial charge in [0, 0.05) is 24.1 Å². The van der Waals surface area contributed by atoms with Gasteiger partial charge in [-0.05, 0) is 62.4 Å². The Morgan fingerprint density at radius 1 is 1.18 bits per heavy atom. The molecule has 0 spiro atoms. The highest BCUT2D eigenvalue weighted by atomic mass is 32.1. The fraction of sp³-hybridized carbons (Fsp3) is 0.391. The Labute approximate surface area is 172 Å². The number of benzene rings is 2. The number of carbonyl (C=O) groups excluding carboxylic acids is 1. The lowest BCUT2D eigenvalue weighted by Gasteiger charge is -2.36. The number of ether oxygens (including phenoxy) is 2. The molecule has 0 bridgehead atoms. The number of hydrogen-bond donors (Lipinski definition) is 1. The Balaban J connectivity index is 1.96. The van der Waals surface area contributed by atoms with Crippen LogP contribution in [0.3, 0.4) is 0 Å². The number of fused-ring (bicyclic) bond motifs is 1. The molecule has 148 valence electrons. The molecular formula is C23H27NO3S. The van der Waals surface area contributed by atoms with Gasteiger partial charge in [-0.25, -0.2) is 0 Å². The number of carbonyl (C=O) groups is 1. The first-order valence-electron chi connectivity index (χ1n) is 9.67. The third-order valence-electron chi connectivity index (χ3n) is 5.52. The molecule has 0 fully saturated rings. The van der Waals surface area contributed by atoms with E-state index in [4.69, 9.17) is 21.7 Å². The number of thiocarbonyl (C=S) groups is 1. The second-order valence-electron chi connectivity index (χ2n) is 7.37. The summed E-state index contributed by atoms with van der Waals surface area (Å²) in [7, 11) is 0. The summed E-state index contributed by atoms with van der Waals surface area (Å²) < 4.78 is 12.0. The van der Waals surface area contributed by atoms with Gasteiger partial charge in [-0.1, -0.05) is 37.3 Å². The molecule has 0 saturated heterocycles. The third kappa shape index (κ3) is 3.90. The van der Waals surface area contributed by atoms with Crippen molar-refractivity contribution >= 4 is 28.9 Å². The average molecular weight is 398 g/mol. The Morgan fingerprint density at radius 3 is 2.46 bits per heavy atom. The van der Waals surface area contributed by atoms with Gasteiger partial charge in [0.15, 0.2) is 6.10 Å². The van der Waals surface area contributed by atoms with Crippen LogP contribution < -0.4 is 14.8 Å². The van der Waals surface area contributed by atoms with E-state index in [0.717, 1.165) is 46.5 Å². The Morgan fingerprint density at radius 2 is 1.86 bits per heavy atom. The lowest BCUT2D eigenvalue weighted by Crippen LogP contribution is -2.42. The fourth-order valence-corrected chi connectivity index (χ4v) is 4.17. The number of rotatable bonds is 4. The summed E-state index contributed by atoms with van der Waals surface area (Å²) in [4.78, 5) is 12.3. The highest BCUT2D eigenvalue weighted by Crippen LogP contribution is 2.43. The van der Waals surface area contributed by atoms with Crippen LogP contribution in [0, 0.1) is 26.7 Å². The van der Waals surface area contributed by atoms with Crippen molar-refractivity contribution in [1.82, 2.24) is 0 Å². The molecular weight excluding hydrogens is 370 g/mol. The molecule has 1 heterocycles. The topological polar surface area (TPSA) is 47.6 Å². The number of anilines is 1. The summed E-state index contributed by atoms with van der Waals surface area (Å²) in [5, 5.41) is 3.33. The second kappa shape index (κ2) is 8.31. The first kappa shape index (κ1) is 20.3. The molecule has 0 aliphatic carbocycles. The van der Waals surface area contributed by atoms with Crippen molar-refractivity contribution < 1.29 is 14.3 Å². The molecule has 2 unspecified atom stereocenters. The van der Waals surface area contributed by atoms with Gasteiger partial charge in [0.05, 0.1) is 0 Å². The molecule has 0 saturated carbocycles. The zero-order valence-electron chi connectivity index (χ0n) is 17.1. The van der Waals surface area contributed by atoms with Gasteiger partial charge >= 0.3 is 5.97 Å². The normalized spacial score (nSPS) is 18.0. The molecule has 28 heavy (non-hydrogen) atoms. The first-order valence-corrected chi connectivity index (χ1v) is 10.1. The van der Waals surface area contributed by atoms with Gasteiger partial charge in [0.1, 0.15) is 16.5 Å². The maximum Gasteiger partial charge on any atom is 0.308 e. The van der Waals surface area contributed by atoms with Crippen LogP contribution in [0.25, 0.3) is 0 Å². The number of esters is 1. The van der Waals surface area contributed by atoms with Gasteiger partial charge in [0.25, 0.3) is 0 Å².